The SMILES string of the molecule is COc1ccc(S(=O)(=O)N[C@H](Cc2ccc(Cl)cc2)C(=O)N2CC[C@]3(O)CCCC[C@@H]3C2)cc1. The van der Waals surface area contributed by atoms with Gasteiger partial charge in [0.25, 0.3) is 0 Å². The Morgan fingerprint density at radius 2 is 1.88 bits per heavy atom. The molecule has 1 aliphatic carbocycles. The maximum Gasteiger partial charge on any atom is 0.241 e. The van der Waals surface area contributed by atoms with Gasteiger partial charge in [-0.25, -0.2) is 8.42 Å². The second kappa shape index (κ2) is 10.2. The van der Waals surface area contributed by atoms with Crippen molar-refractivity contribution in [2.45, 2.75) is 55.1 Å². The number of fused-ring (bicyclic) bond motifs is 1. The topological polar surface area (TPSA) is 95.9 Å². The summed E-state index contributed by atoms with van der Waals surface area (Å²) in [7, 11) is -2.45. The third-order valence-corrected chi connectivity index (χ3v) is 8.80. The van der Waals surface area contributed by atoms with Crippen LogP contribution in [0.15, 0.2) is 53.4 Å². The molecule has 0 radical (unpaired) electrons. The van der Waals surface area contributed by atoms with E-state index in [9.17, 15) is 18.3 Å². The van der Waals surface area contributed by atoms with E-state index in [1.165, 1.54) is 19.2 Å². The molecular weight excluding hydrogens is 476 g/mol. The number of hydrogen-bond acceptors (Lipinski definition) is 5. The number of ether oxygens (including phenoxy) is 1. The van der Waals surface area contributed by atoms with Crippen LogP contribution in [0, 0.1) is 5.92 Å². The standard InChI is InChI=1S/C25H31ClN2O5S/c1-33-21-9-11-22(12-10-21)34(31,32)27-23(16-18-5-7-20(26)8-6-18)24(29)28-15-14-25(30)13-3-2-4-19(25)17-28/h5-12,19,23,27,30H,2-4,13-17H2,1H3/t19-,23-,25-/m1/s1. The highest BCUT2D eigenvalue weighted by Crippen LogP contribution is 2.40. The van der Waals surface area contributed by atoms with Crippen molar-refractivity contribution in [2.24, 2.45) is 5.92 Å². The lowest BCUT2D eigenvalue weighted by Crippen LogP contribution is -2.58. The zero-order chi connectivity index (χ0) is 24.3. The van der Waals surface area contributed by atoms with Crippen molar-refractivity contribution in [3.63, 3.8) is 0 Å². The highest BCUT2D eigenvalue weighted by molar-refractivity contribution is 7.89. The lowest BCUT2D eigenvalue weighted by molar-refractivity contribution is -0.145. The molecule has 3 atom stereocenters. The van der Waals surface area contributed by atoms with Gasteiger partial charge in [-0.3, -0.25) is 4.79 Å². The van der Waals surface area contributed by atoms with E-state index < -0.39 is 21.7 Å². The maximum absolute atomic E-state index is 13.6. The summed E-state index contributed by atoms with van der Waals surface area (Å²) in [4.78, 5) is 15.4. The van der Waals surface area contributed by atoms with E-state index in [0.29, 0.717) is 30.3 Å². The molecule has 2 N–H and O–H groups in total. The molecule has 2 fully saturated rings. The minimum atomic E-state index is -3.96. The number of benzene rings is 2. The average molecular weight is 507 g/mol. The Kier molecular flexibility index (Phi) is 7.52. The van der Waals surface area contributed by atoms with E-state index in [2.05, 4.69) is 4.72 Å². The summed E-state index contributed by atoms with van der Waals surface area (Å²) in [5.41, 5.74) is 0.0786. The van der Waals surface area contributed by atoms with Crippen LogP contribution in [0.5, 0.6) is 5.75 Å². The second-order valence-corrected chi connectivity index (χ2v) is 11.4. The minimum absolute atomic E-state index is 0.0216. The highest BCUT2D eigenvalue weighted by atomic mass is 35.5. The monoisotopic (exact) mass is 506 g/mol. The van der Waals surface area contributed by atoms with Crippen molar-refractivity contribution >= 4 is 27.5 Å². The number of nitrogens with one attached hydrogen (secondary N) is 1. The van der Waals surface area contributed by atoms with Crippen LogP contribution in [0.1, 0.15) is 37.7 Å². The Labute approximate surface area is 206 Å². The van der Waals surface area contributed by atoms with Gasteiger partial charge in [0.15, 0.2) is 0 Å². The van der Waals surface area contributed by atoms with Crippen molar-refractivity contribution < 1.29 is 23.1 Å². The van der Waals surface area contributed by atoms with E-state index in [-0.39, 0.29) is 23.1 Å². The van der Waals surface area contributed by atoms with Gasteiger partial charge in [-0.15, -0.1) is 0 Å². The molecule has 2 aromatic carbocycles. The third kappa shape index (κ3) is 5.57. The summed E-state index contributed by atoms with van der Waals surface area (Å²) >= 11 is 6.00. The zero-order valence-electron chi connectivity index (χ0n) is 19.2. The Bertz CT molecular complexity index is 1110. The quantitative estimate of drug-likeness (QED) is 0.600. The number of piperidine rings is 1. The minimum Gasteiger partial charge on any atom is -0.497 e. The Morgan fingerprint density at radius 3 is 2.56 bits per heavy atom. The zero-order valence-corrected chi connectivity index (χ0v) is 20.8. The largest absolute Gasteiger partial charge is 0.497 e. The number of amides is 1. The molecule has 1 amide bonds. The molecule has 1 heterocycles. The van der Waals surface area contributed by atoms with Crippen molar-refractivity contribution in [2.75, 3.05) is 20.2 Å². The number of likely N-dealkylation sites (tertiary alicyclic amines) is 1. The molecule has 0 aromatic heterocycles. The third-order valence-electron chi connectivity index (χ3n) is 7.06. The molecule has 0 bridgehead atoms. The van der Waals surface area contributed by atoms with Crippen molar-refractivity contribution in [3.05, 3.63) is 59.1 Å². The van der Waals surface area contributed by atoms with Crippen LogP contribution >= 0.6 is 11.6 Å². The molecule has 184 valence electrons. The van der Waals surface area contributed by atoms with Crippen LogP contribution < -0.4 is 9.46 Å². The van der Waals surface area contributed by atoms with Gasteiger partial charge in [0.05, 0.1) is 17.6 Å². The molecule has 0 unspecified atom stereocenters. The number of carbonyl (C=O) groups excluding carboxylic acids is 1. The Hall–Kier alpha value is -2.13. The molecule has 4 rings (SSSR count). The van der Waals surface area contributed by atoms with Crippen LogP contribution in [0.4, 0.5) is 0 Å². The number of rotatable bonds is 7. The fourth-order valence-corrected chi connectivity index (χ4v) is 6.35. The van der Waals surface area contributed by atoms with Gasteiger partial charge in [0, 0.05) is 24.0 Å². The first-order valence-corrected chi connectivity index (χ1v) is 13.5. The van der Waals surface area contributed by atoms with Gasteiger partial charge >= 0.3 is 0 Å². The number of halogens is 1. The van der Waals surface area contributed by atoms with Crippen LogP contribution in [0.2, 0.25) is 5.02 Å². The van der Waals surface area contributed by atoms with Crippen LogP contribution in [-0.2, 0) is 21.2 Å². The smallest absolute Gasteiger partial charge is 0.241 e. The molecule has 1 saturated heterocycles. The summed E-state index contributed by atoms with van der Waals surface area (Å²) in [5, 5.41) is 11.6. The van der Waals surface area contributed by atoms with E-state index in [4.69, 9.17) is 16.3 Å². The molecule has 34 heavy (non-hydrogen) atoms. The number of hydrogen-bond donors (Lipinski definition) is 2. The van der Waals surface area contributed by atoms with E-state index in [0.717, 1.165) is 31.2 Å². The van der Waals surface area contributed by atoms with Crippen molar-refractivity contribution in [1.29, 1.82) is 0 Å². The first kappa shape index (κ1) is 25.0. The van der Waals surface area contributed by atoms with Gasteiger partial charge in [-0.2, -0.15) is 4.72 Å². The summed E-state index contributed by atoms with van der Waals surface area (Å²) in [6.07, 6.45) is 4.38. The number of sulfonamides is 1. The second-order valence-electron chi connectivity index (χ2n) is 9.26. The lowest BCUT2D eigenvalue weighted by atomic mass is 9.71. The van der Waals surface area contributed by atoms with E-state index in [1.54, 1.807) is 41.3 Å². The van der Waals surface area contributed by atoms with E-state index in [1.807, 2.05) is 0 Å². The first-order chi connectivity index (χ1) is 16.2. The maximum atomic E-state index is 13.6. The summed E-state index contributed by atoms with van der Waals surface area (Å²) in [6.45, 7) is 0.851. The molecule has 9 heteroatoms. The van der Waals surface area contributed by atoms with Gasteiger partial charge in [-0.1, -0.05) is 36.6 Å². The Morgan fingerprint density at radius 1 is 1.18 bits per heavy atom. The normalized spacial score (nSPS) is 23.7. The molecule has 2 aromatic rings. The molecule has 1 aliphatic heterocycles. The predicted molar refractivity (Wildman–Crippen MR) is 130 cm³/mol. The number of aliphatic hydroxyl groups is 1. The Balaban J connectivity index is 1.57. The molecule has 7 nitrogen and oxygen atoms in total. The van der Waals surface area contributed by atoms with Crippen LogP contribution in [0.25, 0.3) is 0 Å². The highest BCUT2D eigenvalue weighted by Gasteiger charge is 2.44. The molecule has 1 saturated carbocycles. The van der Waals surface area contributed by atoms with Gasteiger partial charge in [0.1, 0.15) is 11.8 Å². The fourth-order valence-electron chi connectivity index (χ4n) is 5.04. The molecule has 0 spiro atoms. The predicted octanol–water partition coefficient (Wildman–Crippen LogP) is 3.39. The molecule has 2 aliphatic rings. The number of carbonyl (C=O) groups is 1. The van der Waals surface area contributed by atoms with Crippen LogP contribution in [0.3, 0.4) is 0 Å². The average Bonchev–Trinajstić information content (AvgIpc) is 2.84. The number of methoxy groups -OCH3 is 1. The van der Waals surface area contributed by atoms with E-state index >= 15 is 0 Å². The van der Waals surface area contributed by atoms with Gasteiger partial charge < -0.3 is 14.7 Å². The summed E-state index contributed by atoms with van der Waals surface area (Å²) in [6, 6.07) is 12.1. The molecular formula is C25H31ClN2O5S. The summed E-state index contributed by atoms with van der Waals surface area (Å²) in [5.74, 6) is 0.286. The van der Waals surface area contributed by atoms with Crippen molar-refractivity contribution in [3.8, 4) is 5.75 Å². The summed E-state index contributed by atoms with van der Waals surface area (Å²) < 4.78 is 34.1. The van der Waals surface area contributed by atoms with Gasteiger partial charge in [-0.05, 0) is 67.6 Å². The van der Waals surface area contributed by atoms with Crippen LogP contribution in [-0.4, -0.2) is 56.2 Å². The van der Waals surface area contributed by atoms with Crippen molar-refractivity contribution in [1.82, 2.24) is 9.62 Å². The lowest BCUT2D eigenvalue weighted by Gasteiger charge is -2.48. The first-order valence-electron chi connectivity index (χ1n) is 11.6. The number of nitrogens with zero attached hydrogens (tertiary/aromatic N) is 1. The van der Waals surface area contributed by atoms with Gasteiger partial charge in [0.2, 0.25) is 15.9 Å². The fraction of sp³-hybridized carbons (Fsp3) is 0.480.